The first-order valence-corrected chi connectivity index (χ1v) is 11.1. The van der Waals surface area contributed by atoms with Gasteiger partial charge in [0.2, 0.25) is 17.7 Å². The largest absolute Gasteiger partial charge is 0.508 e. The maximum absolute atomic E-state index is 12.9. The lowest BCUT2D eigenvalue weighted by atomic mass is 10.0. The van der Waals surface area contributed by atoms with Crippen molar-refractivity contribution in [2.45, 2.75) is 56.7 Å². The first kappa shape index (κ1) is 29.3. The molecule has 0 heterocycles. The predicted molar refractivity (Wildman–Crippen MR) is 124 cm³/mol. The number of benzene rings is 1. The molecular weight excluding hydrogens is 462 g/mol. The van der Waals surface area contributed by atoms with Crippen LogP contribution in [0.3, 0.4) is 0 Å². The van der Waals surface area contributed by atoms with Crippen molar-refractivity contribution in [1.82, 2.24) is 16.0 Å². The number of amides is 3. The van der Waals surface area contributed by atoms with Gasteiger partial charge in [0, 0.05) is 6.42 Å². The quantitative estimate of drug-likeness (QED) is 0.123. The minimum absolute atomic E-state index is 0.0632. The number of carbonyl (C=O) groups is 5. The predicted octanol–water partition coefficient (Wildman–Crippen LogP) is -1.57. The molecule has 0 saturated heterocycles. The van der Waals surface area contributed by atoms with Gasteiger partial charge in [-0.05, 0) is 56.3 Å². The number of carbonyl (C=O) groups excluding carboxylic acids is 3. The van der Waals surface area contributed by atoms with Gasteiger partial charge in [-0.3, -0.25) is 24.0 Å². The van der Waals surface area contributed by atoms with E-state index in [0.717, 1.165) is 0 Å². The molecular formula is C22H33N5O8. The highest BCUT2D eigenvalue weighted by molar-refractivity contribution is 5.93. The Kier molecular flexibility index (Phi) is 12.8. The summed E-state index contributed by atoms with van der Waals surface area (Å²) in [7, 11) is 0. The lowest BCUT2D eigenvalue weighted by Gasteiger charge is -2.24. The third-order valence-electron chi connectivity index (χ3n) is 5.00. The number of unbranched alkanes of at least 4 members (excludes halogenated alkanes) is 1. The Hall–Kier alpha value is -3.71. The van der Waals surface area contributed by atoms with Crippen molar-refractivity contribution in [1.29, 1.82) is 0 Å². The van der Waals surface area contributed by atoms with Crippen molar-refractivity contribution in [3.63, 3.8) is 0 Å². The maximum atomic E-state index is 12.9. The van der Waals surface area contributed by atoms with Gasteiger partial charge in [-0.2, -0.15) is 0 Å². The Morgan fingerprint density at radius 1 is 0.829 bits per heavy atom. The van der Waals surface area contributed by atoms with E-state index in [-0.39, 0.29) is 25.0 Å². The monoisotopic (exact) mass is 495 g/mol. The first-order valence-electron chi connectivity index (χ1n) is 11.1. The summed E-state index contributed by atoms with van der Waals surface area (Å²) in [5, 5.41) is 34.1. The molecule has 0 radical (unpaired) electrons. The average Bonchev–Trinajstić information content (AvgIpc) is 2.80. The number of hydrogen-bond donors (Lipinski definition) is 8. The van der Waals surface area contributed by atoms with Crippen molar-refractivity contribution in [3.05, 3.63) is 29.8 Å². The number of carboxylic acid groups (broad SMARTS) is 2. The van der Waals surface area contributed by atoms with Crippen LogP contribution in [-0.2, 0) is 30.4 Å². The van der Waals surface area contributed by atoms with E-state index in [4.69, 9.17) is 21.7 Å². The second-order valence-electron chi connectivity index (χ2n) is 7.93. The molecule has 0 aliphatic rings. The first-order chi connectivity index (χ1) is 16.5. The molecule has 0 aromatic heterocycles. The van der Waals surface area contributed by atoms with Gasteiger partial charge < -0.3 is 42.7 Å². The van der Waals surface area contributed by atoms with E-state index in [1.54, 1.807) is 12.1 Å². The van der Waals surface area contributed by atoms with Crippen LogP contribution in [0.5, 0.6) is 5.75 Å². The summed E-state index contributed by atoms with van der Waals surface area (Å²) in [4.78, 5) is 59.6. The standard InChI is InChI=1S/C22H33N5O8/c23-10-2-1-3-16(26-20(33)15(24)11-13-4-6-14(28)7-5-13)22(35)27-17(8-9-18(29)30)21(34)25-12-19(31)32/h4-7,15-17,28H,1-3,8-12,23-24H2,(H,25,34)(H,26,33)(H,27,35)(H,29,30)(H,31,32). The van der Waals surface area contributed by atoms with Crippen molar-refractivity contribution < 1.29 is 39.3 Å². The molecule has 1 aromatic rings. The van der Waals surface area contributed by atoms with Gasteiger partial charge in [-0.1, -0.05) is 12.1 Å². The Labute approximate surface area is 202 Å². The molecule has 194 valence electrons. The van der Waals surface area contributed by atoms with Crippen LogP contribution in [0, 0.1) is 0 Å². The van der Waals surface area contributed by atoms with Crippen LogP contribution in [0.4, 0.5) is 0 Å². The zero-order valence-corrected chi connectivity index (χ0v) is 19.2. The van der Waals surface area contributed by atoms with E-state index in [1.165, 1.54) is 12.1 Å². The Bertz CT molecular complexity index is 877. The number of nitrogens with two attached hydrogens (primary N) is 2. The molecule has 3 amide bonds. The molecule has 1 aromatic carbocycles. The number of carboxylic acids is 2. The van der Waals surface area contributed by atoms with Gasteiger partial charge in [0.1, 0.15) is 24.4 Å². The molecule has 35 heavy (non-hydrogen) atoms. The molecule has 0 spiro atoms. The van der Waals surface area contributed by atoms with E-state index in [2.05, 4.69) is 16.0 Å². The summed E-state index contributed by atoms with van der Waals surface area (Å²) >= 11 is 0. The zero-order chi connectivity index (χ0) is 26.4. The van der Waals surface area contributed by atoms with E-state index in [9.17, 15) is 29.1 Å². The smallest absolute Gasteiger partial charge is 0.322 e. The molecule has 10 N–H and O–H groups in total. The fraction of sp³-hybridized carbons (Fsp3) is 0.500. The van der Waals surface area contributed by atoms with Crippen LogP contribution in [0.15, 0.2) is 24.3 Å². The van der Waals surface area contributed by atoms with Crippen LogP contribution in [0.2, 0.25) is 0 Å². The minimum Gasteiger partial charge on any atom is -0.508 e. The highest BCUT2D eigenvalue weighted by atomic mass is 16.4. The van der Waals surface area contributed by atoms with Crippen molar-refractivity contribution >= 4 is 29.7 Å². The molecule has 13 nitrogen and oxygen atoms in total. The third-order valence-corrected chi connectivity index (χ3v) is 5.00. The van der Waals surface area contributed by atoms with E-state index in [1.807, 2.05) is 0 Å². The fourth-order valence-electron chi connectivity index (χ4n) is 3.11. The number of aromatic hydroxyl groups is 1. The summed E-state index contributed by atoms with van der Waals surface area (Å²) < 4.78 is 0. The van der Waals surface area contributed by atoms with Crippen molar-refractivity contribution in [3.8, 4) is 5.75 Å². The number of phenolic OH excluding ortho intramolecular Hbond substituents is 1. The van der Waals surface area contributed by atoms with Crippen LogP contribution < -0.4 is 27.4 Å². The van der Waals surface area contributed by atoms with Gasteiger partial charge in [0.15, 0.2) is 0 Å². The molecule has 3 unspecified atom stereocenters. The lowest BCUT2D eigenvalue weighted by molar-refractivity contribution is -0.140. The molecule has 0 aliphatic carbocycles. The number of hydrogen-bond acceptors (Lipinski definition) is 8. The Morgan fingerprint density at radius 2 is 1.43 bits per heavy atom. The van der Waals surface area contributed by atoms with Gasteiger partial charge >= 0.3 is 11.9 Å². The molecule has 0 aliphatic heterocycles. The van der Waals surface area contributed by atoms with E-state index in [0.29, 0.717) is 24.9 Å². The lowest BCUT2D eigenvalue weighted by Crippen LogP contribution is -2.56. The van der Waals surface area contributed by atoms with E-state index < -0.39 is 60.8 Å². The second kappa shape index (κ2) is 15.2. The molecule has 13 heteroatoms. The Morgan fingerprint density at radius 3 is 2.00 bits per heavy atom. The van der Waals surface area contributed by atoms with Crippen LogP contribution in [0.1, 0.15) is 37.7 Å². The van der Waals surface area contributed by atoms with Gasteiger partial charge in [-0.25, -0.2) is 0 Å². The summed E-state index contributed by atoms with van der Waals surface area (Å²) in [6.45, 7) is -0.345. The zero-order valence-electron chi connectivity index (χ0n) is 19.2. The maximum Gasteiger partial charge on any atom is 0.322 e. The van der Waals surface area contributed by atoms with Crippen molar-refractivity contribution in [2.75, 3.05) is 13.1 Å². The Balaban J connectivity index is 2.89. The van der Waals surface area contributed by atoms with Gasteiger partial charge in [0.05, 0.1) is 6.04 Å². The molecule has 3 atom stereocenters. The minimum atomic E-state index is -1.32. The van der Waals surface area contributed by atoms with Crippen LogP contribution in [-0.4, -0.2) is 76.2 Å². The number of nitrogens with one attached hydrogen (secondary N) is 3. The summed E-state index contributed by atoms with van der Waals surface area (Å²) in [6.07, 6.45) is 0.641. The highest BCUT2D eigenvalue weighted by Crippen LogP contribution is 2.11. The number of phenols is 1. The van der Waals surface area contributed by atoms with Gasteiger partial charge in [0.25, 0.3) is 0 Å². The molecule has 0 bridgehead atoms. The van der Waals surface area contributed by atoms with Crippen molar-refractivity contribution in [2.24, 2.45) is 11.5 Å². The fourth-order valence-corrected chi connectivity index (χ4v) is 3.11. The number of rotatable bonds is 16. The molecule has 0 fully saturated rings. The van der Waals surface area contributed by atoms with Gasteiger partial charge in [-0.15, -0.1) is 0 Å². The second-order valence-corrected chi connectivity index (χ2v) is 7.93. The summed E-state index contributed by atoms with van der Waals surface area (Å²) in [6, 6.07) is 2.71. The average molecular weight is 496 g/mol. The topological polar surface area (TPSA) is 234 Å². The van der Waals surface area contributed by atoms with E-state index >= 15 is 0 Å². The highest BCUT2D eigenvalue weighted by Gasteiger charge is 2.28. The summed E-state index contributed by atoms with van der Waals surface area (Å²) in [5.41, 5.74) is 12.2. The molecule has 0 saturated carbocycles. The summed E-state index contributed by atoms with van der Waals surface area (Å²) in [5.74, 6) is -4.68. The molecule has 1 rings (SSSR count). The normalized spacial score (nSPS) is 13.2. The number of aliphatic carboxylic acids is 2. The SMILES string of the molecule is NCCCCC(NC(=O)C(N)Cc1ccc(O)cc1)C(=O)NC(CCC(=O)O)C(=O)NCC(=O)O. The third kappa shape index (κ3) is 11.8. The van der Waals surface area contributed by atoms with Crippen LogP contribution in [0.25, 0.3) is 0 Å². The van der Waals surface area contributed by atoms with Crippen LogP contribution >= 0.6 is 0 Å².